The van der Waals surface area contributed by atoms with E-state index in [1.165, 1.54) is 28.4 Å². The van der Waals surface area contributed by atoms with E-state index in [9.17, 15) is 13.6 Å². The third-order valence-corrected chi connectivity index (χ3v) is 3.30. The molecule has 0 aromatic carbocycles. The van der Waals surface area contributed by atoms with Crippen LogP contribution in [0.25, 0.3) is 16.9 Å². The van der Waals surface area contributed by atoms with E-state index in [0.29, 0.717) is 12.1 Å². The molecule has 0 saturated heterocycles. The molecule has 0 fully saturated rings. The minimum Gasteiger partial charge on any atom is -0.382 e. The molecule has 0 aliphatic rings. The third kappa shape index (κ3) is 3.86. The number of nitrogens with one attached hydrogen (secondary N) is 1. The van der Waals surface area contributed by atoms with Crippen molar-refractivity contribution in [3.63, 3.8) is 0 Å². The smallest absolute Gasteiger partial charge is 0.211 e. The Labute approximate surface area is 155 Å². The summed E-state index contributed by atoms with van der Waals surface area (Å²) in [5.74, 6) is -1.16. The molecule has 0 unspecified atom stereocenters. The first-order valence-electron chi connectivity index (χ1n) is 8.85. The maximum atomic E-state index is 13.8. The fourth-order valence-electron chi connectivity index (χ4n) is 2.18. The second-order valence-electron chi connectivity index (χ2n) is 5.11. The summed E-state index contributed by atoms with van der Waals surface area (Å²) in [4.78, 5) is 21.3. The van der Waals surface area contributed by atoms with Crippen LogP contribution >= 0.6 is 0 Å². The van der Waals surface area contributed by atoms with Gasteiger partial charge in [-0.1, -0.05) is 0 Å². The summed E-state index contributed by atoms with van der Waals surface area (Å²) in [6.07, 6.45) is 2.90. The molecule has 4 rings (SSSR count). The van der Waals surface area contributed by atoms with Gasteiger partial charge in [-0.25, -0.2) is 23.3 Å². The lowest BCUT2D eigenvalue weighted by Gasteiger charge is -2.08. The largest absolute Gasteiger partial charge is 0.382 e. The van der Waals surface area contributed by atoms with Crippen LogP contribution in [0, 0.1) is 11.6 Å². The van der Waals surface area contributed by atoms with Crippen LogP contribution in [0.15, 0.2) is 43.3 Å². The van der Waals surface area contributed by atoms with Crippen molar-refractivity contribution in [3.8, 4) is 11.3 Å². The molecule has 0 atom stereocenters. The van der Waals surface area contributed by atoms with Crippen molar-refractivity contribution < 1.29 is 17.7 Å². The zero-order chi connectivity index (χ0) is 22.0. The van der Waals surface area contributed by atoms with Crippen molar-refractivity contribution in [1.29, 1.82) is 0 Å². The van der Waals surface area contributed by atoms with Crippen LogP contribution in [0.4, 0.5) is 20.3 Å². The van der Waals surface area contributed by atoms with Gasteiger partial charge in [0.05, 0.1) is 56.9 Å². The maximum absolute atomic E-state index is 13.8. The number of nitrogens with two attached hydrogens (primary N) is 1. The van der Waals surface area contributed by atoms with Crippen LogP contribution in [0.2, 0.25) is 0 Å². The average Bonchev–Trinajstić information content (AvgIpc) is 3.15. The number of hydrogen-bond donors (Lipinski definition) is 2. The standard InChI is InChI=1S/C10H9FN4O.C6H5FN4/c1-15-5-13-4-9(15)10-7(11)2-12-3-8(10)14-6-16;7-4-2-9-6-1-5(8)10-11(6)3-4/h2-6H,1H3,(H,14,16);1-3H,(H2,8,10)/i4D,5D,6+1;1+1,2D. The van der Waals surface area contributed by atoms with Crippen LogP contribution in [0.3, 0.4) is 0 Å². The van der Waals surface area contributed by atoms with Crippen LogP contribution in [-0.4, -0.2) is 35.5 Å². The number of pyridine rings is 1. The molecule has 0 spiro atoms. The summed E-state index contributed by atoms with van der Waals surface area (Å²) in [7, 11) is 1.49. The monoisotopic (exact) mass is 377 g/mol. The quantitative estimate of drug-likeness (QED) is 0.414. The number of carbonyl (C=O) groups is 1. The van der Waals surface area contributed by atoms with Crippen LogP contribution in [0.1, 0.15) is 4.11 Å². The van der Waals surface area contributed by atoms with Gasteiger partial charge in [0.1, 0.15) is 7.19 Å². The number of rotatable bonds is 3. The Morgan fingerprint density at radius 3 is 2.81 bits per heavy atom. The Morgan fingerprint density at radius 2 is 2.11 bits per heavy atom. The second-order valence-corrected chi connectivity index (χ2v) is 5.11. The van der Waals surface area contributed by atoms with Gasteiger partial charge in [-0.3, -0.25) is 9.78 Å². The highest BCUT2D eigenvalue weighted by molar-refractivity contribution is 5.83. The molecule has 1 amide bonds. The lowest BCUT2D eigenvalue weighted by Crippen LogP contribution is -2.01. The number of amides is 1. The first-order valence-corrected chi connectivity index (χ1v) is 7.35. The lowest BCUT2D eigenvalue weighted by molar-refractivity contribution is -0.105. The molecule has 4 aromatic heterocycles. The van der Waals surface area contributed by atoms with Gasteiger partial charge in [0.2, 0.25) is 6.41 Å². The minimum atomic E-state index is -0.717. The topological polar surface area (TPSA) is 116 Å². The van der Waals surface area contributed by atoms with E-state index < -0.39 is 17.8 Å². The number of fused-ring (bicyclic) bond motifs is 1. The summed E-state index contributed by atoms with van der Waals surface area (Å²) in [5.41, 5.74) is 5.95. The molecule has 0 bridgehead atoms. The summed E-state index contributed by atoms with van der Waals surface area (Å²) >= 11 is 0. The van der Waals surface area contributed by atoms with Crippen molar-refractivity contribution in [3.05, 3.63) is 54.9 Å². The number of imidazole rings is 1. The van der Waals surface area contributed by atoms with E-state index in [2.05, 4.69) is 25.4 Å². The van der Waals surface area contributed by atoms with Crippen molar-refractivity contribution >= 4 is 23.6 Å². The van der Waals surface area contributed by atoms with Crippen LogP contribution in [0.5, 0.6) is 0 Å². The van der Waals surface area contributed by atoms with E-state index >= 15 is 0 Å². The second kappa shape index (κ2) is 7.56. The molecular weight excluding hydrogens is 360 g/mol. The highest BCUT2D eigenvalue weighted by Gasteiger charge is 2.14. The van der Waals surface area contributed by atoms with E-state index in [4.69, 9.17) is 9.85 Å². The molecule has 0 aliphatic carbocycles. The van der Waals surface area contributed by atoms with Gasteiger partial charge < -0.3 is 15.6 Å². The molecule has 11 heteroatoms. The van der Waals surface area contributed by atoms with Crippen molar-refractivity contribution in [2.75, 3.05) is 11.1 Å². The Morgan fingerprint density at radius 1 is 1.30 bits per heavy atom. The first-order chi connectivity index (χ1) is 14.2. The predicted molar refractivity (Wildman–Crippen MR) is 93.4 cm³/mol. The molecule has 3 N–H and O–H groups in total. The molecule has 138 valence electrons. The van der Waals surface area contributed by atoms with Gasteiger partial charge in [0, 0.05) is 13.1 Å². The molecule has 4 aromatic rings. The molecule has 0 radical (unpaired) electrons. The highest BCUT2D eigenvalue weighted by Crippen LogP contribution is 2.28. The van der Waals surface area contributed by atoms with Gasteiger partial charge >= 0.3 is 0 Å². The molecule has 4 heterocycles. The maximum Gasteiger partial charge on any atom is 0.211 e. The molecular formula is C16H14F2N8O. The fraction of sp³-hybridized carbons (Fsp3) is 0.0625. The number of halogens is 2. The number of nitrogens with zero attached hydrogens (tertiary/aromatic N) is 6. The van der Waals surface area contributed by atoms with Crippen molar-refractivity contribution in [2.45, 2.75) is 0 Å². The lowest BCUT2D eigenvalue weighted by atomic mass is 10.1. The summed E-state index contributed by atoms with van der Waals surface area (Å²) in [6.45, 7) is 0. The van der Waals surface area contributed by atoms with E-state index in [1.54, 1.807) is 0 Å². The zero-order valence-corrected chi connectivity index (χ0v) is 13.8. The van der Waals surface area contributed by atoms with E-state index in [-0.39, 0.29) is 35.2 Å². The van der Waals surface area contributed by atoms with Crippen molar-refractivity contribution in [1.82, 2.24) is 29.1 Å². The predicted octanol–water partition coefficient (Wildman–Crippen LogP) is 1.64. The number of anilines is 2. The normalized spacial score (nSPS) is 11.9. The average molecular weight is 377 g/mol. The Bertz CT molecular complexity index is 1200. The highest BCUT2D eigenvalue weighted by atomic mass is 19.1. The van der Waals surface area contributed by atoms with Gasteiger partial charge in [-0.05, 0) is 0 Å². The molecule has 27 heavy (non-hydrogen) atoms. The molecule has 0 saturated carbocycles. The number of carbonyl (C=O) groups excluding carboxylic acids is 1. The van der Waals surface area contributed by atoms with Crippen LogP contribution in [-0.2, 0) is 11.8 Å². The Kier molecular flexibility index (Phi) is 4.00. The third-order valence-electron chi connectivity index (χ3n) is 3.30. The number of hydrogen-bond acceptors (Lipinski definition) is 6. The number of nitrogen functional groups attached to an aromatic ring is 1. The zero-order valence-electron chi connectivity index (χ0n) is 16.8. The van der Waals surface area contributed by atoms with E-state index in [0.717, 1.165) is 12.4 Å². The Balaban J connectivity index is 0.000000184. The molecule has 9 nitrogen and oxygen atoms in total. The first kappa shape index (κ1) is 14.3. The molecule has 0 aliphatic heterocycles. The fourth-order valence-corrected chi connectivity index (χ4v) is 2.18. The van der Waals surface area contributed by atoms with Crippen LogP contribution < -0.4 is 11.1 Å². The summed E-state index contributed by atoms with van der Waals surface area (Å²) in [6, 6.07) is 1.47. The van der Waals surface area contributed by atoms with Gasteiger partial charge in [-0.2, -0.15) is 0 Å². The summed E-state index contributed by atoms with van der Waals surface area (Å²) in [5, 5.41) is 6.03. The Hall–Kier alpha value is -3.89. The van der Waals surface area contributed by atoms with Crippen molar-refractivity contribution in [2.24, 2.45) is 7.05 Å². The minimum absolute atomic E-state index is 0.00407. The van der Waals surface area contributed by atoms with Gasteiger partial charge in [0.15, 0.2) is 17.3 Å². The van der Waals surface area contributed by atoms with E-state index in [1.807, 2.05) is 0 Å². The van der Waals surface area contributed by atoms with Gasteiger partial charge in [0.25, 0.3) is 0 Å². The van der Waals surface area contributed by atoms with Gasteiger partial charge in [-0.15, -0.1) is 5.10 Å². The summed E-state index contributed by atoms with van der Waals surface area (Å²) < 4.78 is 51.1. The SMILES string of the molecule is [2H]c1nc([2H])n(C)c1-c1c(F)cncc1N[13CH]=O.[2H]c1nc2[13cH]c(N)nn2cc1F. The number of aromatic nitrogens is 6.